The highest BCUT2D eigenvalue weighted by Gasteiger charge is 2.19. The Kier molecular flexibility index (Phi) is 6.93. The number of hydrogen-bond donors (Lipinski definition) is 0. The fourth-order valence-corrected chi connectivity index (χ4v) is 2.42. The summed E-state index contributed by atoms with van der Waals surface area (Å²) in [6.45, 7) is -3.08. The summed E-state index contributed by atoms with van der Waals surface area (Å²) in [5.41, 5.74) is 0.437. The van der Waals surface area contributed by atoms with E-state index in [1.54, 1.807) is 18.2 Å². The molecule has 0 aliphatic heterocycles. The molecule has 2 aromatic rings. The molecule has 8 heteroatoms. The van der Waals surface area contributed by atoms with Gasteiger partial charge < -0.3 is 18.9 Å². The first-order chi connectivity index (χ1) is 13.4. The average molecular weight is 389 g/mol. The smallest absolute Gasteiger partial charge is 0.387 e. The summed E-state index contributed by atoms with van der Waals surface area (Å²) in [4.78, 5) is 12.6. The number of rotatable bonds is 8. The van der Waals surface area contributed by atoms with Gasteiger partial charge in [0.1, 0.15) is 17.4 Å². The molecule has 28 heavy (non-hydrogen) atoms. The number of nitriles is 1. The summed E-state index contributed by atoms with van der Waals surface area (Å²) in [5.74, 6) is -0.393. The summed E-state index contributed by atoms with van der Waals surface area (Å²) in [5, 5.41) is 9.42. The van der Waals surface area contributed by atoms with Gasteiger partial charge in [-0.2, -0.15) is 14.0 Å². The summed E-state index contributed by atoms with van der Waals surface area (Å²) < 4.78 is 44.9. The van der Waals surface area contributed by atoms with E-state index in [0.717, 1.165) is 0 Å². The molecule has 0 aliphatic rings. The van der Waals surface area contributed by atoms with Crippen LogP contribution < -0.4 is 18.9 Å². The highest BCUT2D eigenvalue weighted by Crippen LogP contribution is 2.40. The number of ether oxygens (including phenoxy) is 4. The van der Waals surface area contributed by atoms with Crippen LogP contribution in [0.4, 0.5) is 8.78 Å². The Morgan fingerprint density at radius 2 is 1.71 bits per heavy atom. The molecular weight excluding hydrogens is 372 g/mol. The lowest BCUT2D eigenvalue weighted by molar-refractivity contribution is -0.0526. The van der Waals surface area contributed by atoms with Gasteiger partial charge in [-0.15, -0.1) is 0 Å². The molecular formula is C20H17F2NO5. The Hall–Kier alpha value is -3.60. The van der Waals surface area contributed by atoms with Gasteiger partial charge in [0.2, 0.25) is 11.5 Å². The standard InChI is InChI=1S/C20H17F2NO5/c1-25-15-6-4-5-13(10-15)18(24)14(11-23)7-12-8-16(26-2)19(28-20(21)22)17(9-12)27-3/h4-10,20H,1-3H3/b14-7+. The van der Waals surface area contributed by atoms with Crippen LogP contribution >= 0.6 is 0 Å². The van der Waals surface area contributed by atoms with Gasteiger partial charge in [-0.1, -0.05) is 12.1 Å². The lowest BCUT2D eigenvalue weighted by atomic mass is 10.0. The van der Waals surface area contributed by atoms with Crippen molar-refractivity contribution in [2.75, 3.05) is 21.3 Å². The first-order valence-electron chi connectivity index (χ1n) is 7.94. The van der Waals surface area contributed by atoms with E-state index in [4.69, 9.17) is 14.2 Å². The molecule has 0 amide bonds. The zero-order valence-electron chi connectivity index (χ0n) is 15.4. The van der Waals surface area contributed by atoms with Gasteiger partial charge in [-0.25, -0.2) is 0 Å². The van der Waals surface area contributed by atoms with Crippen LogP contribution in [0.5, 0.6) is 23.0 Å². The van der Waals surface area contributed by atoms with Crippen molar-refractivity contribution in [3.63, 3.8) is 0 Å². The number of methoxy groups -OCH3 is 3. The number of carbonyl (C=O) groups is 1. The molecule has 2 aromatic carbocycles. The van der Waals surface area contributed by atoms with Crippen LogP contribution in [-0.4, -0.2) is 33.7 Å². The largest absolute Gasteiger partial charge is 0.497 e. The highest BCUT2D eigenvalue weighted by molar-refractivity contribution is 6.14. The topological polar surface area (TPSA) is 77.8 Å². The van der Waals surface area contributed by atoms with Crippen LogP contribution in [-0.2, 0) is 0 Å². The number of hydrogen-bond acceptors (Lipinski definition) is 6. The molecule has 0 spiro atoms. The Labute approximate surface area is 160 Å². The summed E-state index contributed by atoms with van der Waals surface area (Å²) >= 11 is 0. The quantitative estimate of drug-likeness (QED) is 0.384. The van der Waals surface area contributed by atoms with E-state index >= 15 is 0 Å². The maximum Gasteiger partial charge on any atom is 0.387 e. The van der Waals surface area contributed by atoms with Gasteiger partial charge in [-0.3, -0.25) is 4.79 Å². The first kappa shape index (κ1) is 20.7. The number of alkyl halides is 2. The second kappa shape index (κ2) is 9.37. The van der Waals surface area contributed by atoms with Gasteiger partial charge in [0.05, 0.1) is 21.3 Å². The van der Waals surface area contributed by atoms with Gasteiger partial charge in [-0.05, 0) is 35.9 Å². The van der Waals surface area contributed by atoms with Crippen LogP contribution in [0, 0.1) is 11.3 Å². The molecule has 0 N–H and O–H groups in total. The SMILES string of the molecule is COc1cccc(C(=O)/C(C#N)=C/c2cc(OC)c(OC(F)F)c(OC)c2)c1. The minimum Gasteiger partial charge on any atom is -0.497 e. The van der Waals surface area contributed by atoms with E-state index in [-0.39, 0.29) is 28.4 Å². The summed E-state index contributed by atoms with van der Waals surface area (Å²) in [6, 6.07) is 10.9. The van der Waals surface area contributed by atoms with Crippen LogP contribution in [0.15, 0.2) is 42.0 Å². The van der Waals surface area contributed by atoms with E-state index < -0.39 is 12.4 Å². The van der Waals surface area contributed by atoms with Crippen molar-refractivity contribution in [3.8, 4) is 29.1 Å². The third-order valence-electron chi connectivity index (χ3n) is 3.70. The van der Waals surface area contributed by atoms with E-state index in [1.165, 1.54) is 45.6 Å². The number of benzene rings is 2. The predicted molar refractivity (Wildman–Crippen MR) is 97.1 cm³/mol. The van der Waals surface area contributed by atoms with Crippen molar-refractivity contribution < 1.29 is 32.5 Å². The molecule has 2 rings (SSSR count). The Bertz CT molecular complexity index is 909. The molecule has 146 valence electrons. The molecule has 0 bridgehead atoms. The Balaban J connectivity index is 2.48. The van der Waals surface area contributed by atoms with E-state index in [2.05, 4.69) is 4.74 Å². The lowest BCUT2D eigenvalue weighted by Gasteiger charge is -2.14. The number of allylic oxidation sites excluding steroid dienone is 1. The Morgan fingerprint density at radius 3 is 2.21 bits per heavy atom. The highest BCUT2D eigenvalue weighted by atomic mass is 19.3. The number of Topliss-reactive ketones (excluding diaryl/α,β-unsaturated/α-hetero) is 1. The molecule has 0 aliphatic carbocycles. The number of carbonyl (C=O) groups excluding carboxylic acids is 1. The molecule has 0 heterocycles. The van der Waals surface area contributed by atoms with Crippen molar-refractivity contribution in [1.29, 1.82) is 5.26 Å². The third kappa shape index (κ3) is 4.76. The van der Waals surface area contributed by atoms with Crippen LogP contribution in [0.1, 0.15) is 15.9 Å². The van der Waals surface area contributed by atoms with Gasteiger partial charge in [0, 0.05) is 5.56 Å². The second-order valence-electron chi connectivity index (χ2n) is 5.36. The van der Waals surface area contributed by atoms with Crippen molar-refractivity contribution >= 4 is 11.9 Å². The van der Waals surface area contributed by atoms with Crippen molar-refractivity contribution in [1.82, 2.24) is 0 Å². The van der Waals surface area contributed by atoms with E-state index in [1.807, 2.05) is 6.07 Å². The zero-order chi connectivity index (χ0) is 20.7. The molecule has 0 fully saturated rings. The normalized spacial score (nSPS) is 11.0. The molecule has 0 radical (unpaired) electrons. The fraction of sp³-hybridized carbons (Fsp3) is 0.200. The molecule has 0 saturated carbocycles. The van der Waals surface area contributed by atoms with Crippen molar-refractivity contribution in [3.05, 3.63) is 53.1 Å². The van der Waals surface area contributed by atoms with Crippen LogP contribution in [0.25, 0.3) is 6.08 Å². The van der Waals surface area contributed by atoms with Crippen LogP contribution in [0.3, 0.4) is 0 Å². The van der Waals surface area contributed by atoms with Gasteiger partial charge in [0.25, 0.3) is 0 Å². The number of ketones is 1. The van der Waals surface area contributed by atoms with Gasteiger partial charge in [0.15, 0.2) is 11.5 Å². The maximum absolute atomic E-state index is 12.6. The van der Waals surface area contributed by atoms with E-state index in [0.29, 0.717) is 11.3 Å². The molecule has 0 aromatic heterocycles. The zero-order valence-corrected chi connectivity index (χ0v) is 15.4. The lowest BCUT2D eigenvalue weighted by Crippen LogP contribution is -2.06. The molecule has 6 nitrogen and oxygen atoms in total. The Morgan fingerprint density at radius 1 is 1.07 bits per heavy atom. The second-order valence-corrected chi connectivity index (χ2v) is 5.36. The average Bonchev–Trinajstić information content (AvgIpc) is 2.71. The number of nitrogens with zero attached hydrogens (tertiary/aromatic N) is 1. The fourth-order valence-electron chi connectivity index (χ4n) is 2.42. The monoisotopic (exact) mass is 389 g/mol. The van der Waals surface area contributed by atoms with Crippen LogP contribution in [0.2, 0.25) is 0 Å². The van der Waals surface area contributed by atoms with E-state index in [9.17, 15) is 18.8 Å². The summed E-state index contributed by atoms with van der Waals surface area (Å²) in [7, 11) is 4.01. The predicted octanol–water partition coefficient (Wildman–Crippen LogP) is 4.10. The molecule has 0 atom stereocenters. The van der Waals surface area contributed by atoms with Crippen molar-refractivity contribution in [2.45, 2.75) is 6.61 Å². The maximum atomic E-state index is 12.6. The van der Waals surface area contributed by atoms with Crippen molar-refractivity contribution in [2.24, 2.45) is 0 Å². The molecule has 0 saturated heterocycles. The minimum atomic E-state index is -3.08. The minimum absolute atomic E-state index is 0.0305. The first-order valence-corrected chi connectivity index (χ1v) is 7.94. The third-order valence-corrected chi connectivity index (χ3v) is 3.70. The number of halogens is 2. The summed E-state index contributed by atoms with van der Waals surface area (Å²) in [6.07, 6.45) is 1.30. The molecule has 0 unspecified atom stereocenters. The van der Waals surface area contributed by atoms with Gasteiger partial charge >= 0.3 is 6.61 Å².